The van der Waals surface area contributed by atoms with Gasteiger partial charge in [0.05, 0.1) is 24.6 Å². The molecular formula is C17H24ClN3O3. The number of benzene rings is 1. The summed E-state index contributed by atoms with van der Waals surface area (Å²) in [4.78, 5) is 26.4. The number of carbonyl (C=O) groups excluding carboxylic acids is 2. The summed E-state index contributed by atoms with van der Waals surface area (Å²) in [5.74, 6) is -0.217. The highest BCUT2D eigenvalue weighted by molar-refractivity contribution is 6.31. The van der Waals surface area contributed by atoms with Crippen LogP contribution in [0, 0.1) is 11.8 Å². The maximum Gasteiger partial charge on any atom is 0.228 e. The van der Waals surface area contributed by atoms with Crippen molar-refractivity contribution in [2.24, 2.45) is 11.8 Å². The summed E-state index contributed by atoms with van der Waals surface area (Å²) >= 11 is 5.95. The van der Waals surface area contributed by atoms with Crippen LogP contribution in [-0.2, 0) is 9.59 Å². The van der Waals surface area contributed by atoms with E-state index in [9.17, 15) is 9.59 Å². The Morgan fingerprint density at radius 1 is 1.29 bits per heavy atom. The van der Waals surface area contributed by atoms with E-state index < -0.39 is 0 Å². The van der Waals surface area contributed by atoms with Gasteiger partial charge in [-0.25, -0.2) is 0 Å². The Balaban J connectivity index is 1.81. The van der Waals surface area contributed by atoms with Gasteiger partial charge in [0, 0.05) is 11.6 Å². The molecule has 1 fully saturated rings. The van der Waals surface area contributed by atoms with Gasteiger partial charge in [-0.2, -0.15) is 0 Å². The van der Waals surface area contributed by atoms with Crippen molar-refractivity contribution in [3.05, 3.63) is 23.2 Å². The van der Waals surface area contributed by atoms with Crippen LogP contribution in [0.3, 0.4) is 0 Å². The van der Waals surface area contributed by atoms with E-state index >= 15 is 0 Å². The molecule has 24 heavy (non-hydrogen) atoms. The highest BCUT2D eigenvalue weighted by atomic mass is 35.5. The van der Waals surface area contributed by atoms with E-state index in [1.807, 2.05) is 14.1 Å². The minimum absolute atomic E-state index is 0.0491. The molecule has 1 saturated carbocycles. The third-order valence-corrected chi connectivity index (χ3v) is 4.20. The number of hydrogen-bond donors (Lipinski definition) is 2. The topological polar surface area (TPSA) is 70.7 Å². The third-order valence-electron chi connectivity index (χ3n) is 3.96. The molecule has 1 aromatic carbocycles. The Morgan fingerprint density at radius 3 is 2.67 bits per heavy atom. The van der Waals surface area contributed by atoms with Crippen LogP contribution in [0.1, 0.15) is 12.8 Å². The number of anilines is 1. The standard InChI is InChI=1S/C17H24ClN3O3/c1-21(2)8-4-7-19-16(22)12-10-13(12)17(23)20-14-9-11(18)5-6-15(14)24-3/h5-6,9,12-13H,4,7-8,10H2,1-3H3,(H,19,22)(H,20,23). The van der Waals surface area contributed by atoms with Crippen LogP contribution in [0.5, 0.6) is 5.75 Å². The molecule has 0 bridgehead atoms. The number of carbonyl (C=O) groups is 2. The molecule has 7 heteroatoms. The lowest BCUT2D eigenvalue weighted by molar-refractivity contribution is -0.125. The summed E-state index contributed by atoms with van der Waals surface area (Å²) in [6, 6.07) is 5.02. The number of hydrogen-bond acceptors (Lipinski definition) is 4. The first-order valence-corrected chi connectivity index (χ1v) is 8.37. The number of methoxy groups -OCH3 is 1. The van der Waals surface area contributed by atoms with Crippen molar-refractivity contribution in [3.8, 4) is 5.75 Å². The third kappa shape index (κ3) is 5.11. The van der Waals surface area contributed by atoms with Gasteiger partial charge in [0.15, 0.2) is 0 Å². The molecule has 2 N–H and O–H groups in total. The molecule has 2 rings (SSSR count). The van der Waals surface area contributed by atoms with Crippen molar-refractivity contribution < 1.29 is 14.3 Å². The first-order valence-electron chi connectivity index (χ1n) is 7.99. The zero-order valence-corrected chi connectivity index (χ0v) is 15.0. The Labute approximate surface area is 147 Å². The van der Waals surface area contributed by atoms with E-state index in [0.717, 1.165) is 13.0 Å². The average molecular weight is 354 g/mol. The van der Waals surface area contributed by atoms with Crippen molar-refractivity contribution in [2.75, 3.05) is 39.6 Å². The molecule has 0 radical (unpaired) electrons. The molecule has 1 aliphatic rings. The molecule has 6 nitrogen and oxygen atoms in total. The Hall–Kier alpha value is -1.79. The van der Waals surface area contributed by atoms with Gasteiger partial charge in [-0.05, 0) is 51.7 Å². The number of nitrogens with one attached hydrogen (secondary N) is 2. The molecule has 1 aromatic rings. The lowest BCUT2D eigenvalue weighted by Gasteiger charge is -2.11. The minimum atomic E-state index is -0.289. The van der Waals surface area contributed by atoms with Crippen molar-refractivity contribution in [3.63, 3.8) is 0 Å². The molecule has 2 atom stereocenters. The molecule has 1 aliphatic carbocycles. The largest absolute Gasteiger partial charge is 0.495 e. The predicted molar refractivity (Wildman–Crippen MR) is 94.4 cm³/mol. The first-order chi connectivity index (χ1) is 11.4. The van der Waals surface area contributed by atoms with Gasteiger partial charge >= 0.3 is 0 Å². The van der Waals surface area contributed by atoms with Crippen LogP contribution in [0.4, 0.5) is 5.69 Å². The quantitative estimate of drug-likeness (QED) is 0.701. The maximum atomic E-state index is 12.3. The van der Waals surface area contributed by atoms with Crippen molar-refractivity contribution in [1.29, 1.82) is 0 Å². The van der Waals surface area contributed by atoms with Gasteiger partial charge in [0.25, 0.3) is 0 Å². The van der Waals surface area contributed by atoms with Gasteiger partial charge < -0.3 is 20.3 Å². The van der Waals surface area contributed by atoms with Crippen molar-refractivity contribution >= 4 is 29.1 Å². The maximum absolute atomic E-state index is 12.3. The lowest BCUT2D eigenvalue weighted by Crippen LogP contribution is -2.30. The van der Waals surface area contributed by atoms with Gasteiger partial charge in [-0.1, -0.05) is 11.6 Å². The Bertz CT molecular complexity index is 607. The predicted octanol–water partition coefficient (Wildman–Crippen LogP) is 1.99. The average Bonchev–Trinajstić information content (AvgIpc) is 3.32. The molecule has 0 spiro atoms. The SMILES string of the molecule is COc1ccc(Cl)cc1NC(=O)C1CC1C(=O)NCCCN(C)C. The van der Waals surface area contributed by atoms with E-state index in [1.54, 1.807) is 18.2 Å². The van der Waals surface area contributed by atoms with Crippen LogP contribution in [0.2, 0.25) is 5.02 Å². The zero-order chi connectivity index (χ0) is 17.7. The Kier molecular flexibility index (Phi) is 6.45. The zero-order valence-electron chi connectivity index (χ0n) is 14.3. The van der Waals surface area contributed by atoms with Crippen LogP contribution in [0.25, 0.3) is 0 Å². The van der Waals surface area contributed by atoms with Crippen molar-refractivity contribution in [2.45, 2.75) is 12.8 Å². The first kappa shape index (κ1) is 18.5. The monoisotopic (exact) mass is 353 g/mol. The molecule has 0 saturated heterocycles. The normalized spacial score (nSPS) is 19.0. The van der Waals surface area contributed by atoms with E-state index in [1.165, 1.54) is 7.11 Å². The molecule has 0 aliphatic heterocycles. The van der Waals surface area contributed by atoms with E-state index in [-0.39, 0.29) is 23.7 Å². The summed E-state index contributed by atoms with van der Waals surface area (Å²) < 4.78 is 5.20. The molecule has 132 valence electrons. The fraction of sp³-hybridized carbons (Fsp3) is 0.529. The molecular weight excluding hydrogens is 330 g/mol. The van der Waals surface area contributed by atoms with E-state index in [2.05, 4.69) is 15.5 Å². The minimum Gasteiger partial charge on any atom is -0.495 e. The Morgan fingerprint density at radius 2 is 2.00 bits per heavy atom. The summed E-state index contributed by atoms with van der Waals surface area (Å²) in [6.45, 7) is 1.55. The molecule has 2 unspecified atom stereocenters. The highest BCUT2D eigenvalue weighted by Gasteiger charge is 2.48. The summed E-state index contributed by atoms with van der Waals surface area (Å²) in [5, 5.41) is 6.20. The number of nitrogens with zero attached hydrogens (tertiary/aromatic N) is 1. The van der Waals surface area contributed by atoms with Crippen LogP contribution in [-0.4, -0.2) is 51.0 Å². The van der Waals surface area contributed by atoms with Crippen molar-refractivity contribution in [1.82, 2.24) is 10.2 Å². The van der Waals surface area contributed by atoms with Crippen LogP contribution in [0.15, 0.2) is 18.2 Å². The summed E-state index contributed by atoms with van der Waals surface area (Å²) in [7, 11) is 5.51. The van der Waals surface area contributed by atoms with Gasteiger partial charge in [0.2, 0.25) is 11.8 Å². The number of ether oxygens (including phenoxy) is 1. The number of amides is 2. The van der Waals surface area contributed by atoms with E-state index in [4.69, 9.17) is 16.3 Å². The fourth-order valence-corrected chi connectivity index (χ4v) is 2.69. The van der Waals surface area contributed by atoms with Crippen LogP contribution >= 0.6 is 11.6 Å². The highest BCUT2D eigenvalue weighted by Crippen LogP contribution is 2.40. The molecule has 2 amide bonds. The smallest absolute Gasteiger partial charge is 0.228 e. The second-order valence-electron chi connectivity index (χ2n) is 6.23. The van der Waals surface area contributed by atoms with Gasteiger partial charge in [-0.15, -0.1) is 0 Å². The second kappa shape index (κ2) is 8.35. The number of rotatable bonds is 8. The summed E-state index contributed by atoms with van der Waals surface area (Å²) in [5.41, 5.74) is 0.520. The van der Waals surface area contributed by atoms with Crippen LogP contribution < -0.4 is 15.4 Å². The number of halogens is 1. The van der Waals surface area contributed by atoms with Gasteiger partial charge in [-0.3, -0.25) is 9.59 Å². The molecule has 0 heterocycles. The van der Waals surface area contributed by atoms with E-state index in [0.29, 0.717) is 29.4 Å². The van der Waals surface area contributed by atoms with Gasteiger partial charge in [0.1, 0.15) is 5.75 Å². The summed E-state index contributed by atoms with van der Waals surface area (Å²) in [6.07, 6.45) is 1.47. The molecule has 0 aromatic heterocycles. The fourth-order valence-electron chi connectivity index (χ4n) is 2.52. The second-order valence-corrected chi connectivity index (χ2v) is 6.67. The lowest BCUT2D eigenvalue weighted by atomic mass is 10.2.